The molecule has 128 valence electrons. The van der Waals surface area contributed by atoms with Gasteiger partial charge in [-0.25, -0.2) is 0 Å². The van der Waals surface area contributed by atoms with E-state index in [-0.39, 0.29) is 12.0 Å². The lowest BCUT2D eigenvalue weighted by atomic mass is 10.1. The average Bonchev–Trinajstić information content (AvgIpc) is 3.24. The van der Waals surface area contributed by atoms with Crippen LogP contribution in [0, 0.1) is 0 Å². The highest BCUT2D eigenvalue weighted by molar-refractivity contribution is 7.16. The van der Waals surface area contributed by atoms with Crippen molar-refractivity contribution in [3.05, 3.63) is 51.2 Å². The topological polar surface area (TPSA) is 38.8 Å². The van der Waals surface area contributed by atoms with Gasteiger partial charge in [0.05, 0.1) is 22.5 Å². The van der Waals surface area contributed by atoms with E-state index < -0.39 is 0 Å². The molecule has 4 nitrogen and oxygen atoms in total. The fourth-order valence-corrected chi connectivity index (χ4v) is 3.82. The van der Waals surface area contributed by atoms with E-state index in [2.05, 4.69) is 0 Å². The third-order valence-electron chi connectivity index (χ3n) is 3.93. The SMILES string of the molecule is CN(Cc1ccc(Cl)s1)C(=O)c1ccccc1OCC1CCCO1. The van der Waals surface area contributed by atoms with E-state index in [1.807, 2.05) is 30.3 Å². The van der Waals surface area contributed by atoms with Crippen LogP contribution in [-0.2, 0) is 11.3 Å². The maximum Gasteiger partial charge on any atom is 0.257 e. The number of carbonyl (C=O) groups excluding carboxylic acids is 1. The number of amides is 1. The molecule has 0 saturated carbocycles. The molecule has 1 amide bonds. The van der Waals surface area contributed by atoms with E-state index >= 15 is 0 Å². The van der Waals surface area contributed by atoms with E-state index in [1.54, 1.807) is 18.0 Å². The van der Waals surface area contributed by atoms with Crippen LogP contribution in [0.3, 0.4) is 0 Å². The fraction of sp³-hybridized carbons (Fsp3) is 0.389. The smallest absolute Gasteiger partial charge is 0.257 e. The summed E-state index contributed by atoms with van der Waals surface area (Å²) in [6.07, 6.45) is 2.20. The number of benzene rings is 1. The molecule has 1 aromatic carbocycles. The molecule has 1 aliphatic rings. The Morgan fingerprint density at radius 1 is 1.38 bits per heavy atom. The van der Waals surface area contributed by atoms with Gasteiger partial charge in [0, 0.05) is 18.5 Å². The Kier molecular flexibility index (Phi) is 5.76. The molecule has 1 unspecified atom stereocenters. The first-order valence-corrected chi connectivity index (χ1v) is 9.16. The van der Waals surface area contributed by atoms with Crippen molar-refractivity contribution < 1.29 is 14.3 Å². The molecule has 6 heteroatoms. The lowest BCUT2D eigenvalue weighted by Gasteiger charge is -2.19. The number of hydrogen-bond donors (Lipinski definition) is 0. The van der Waals surface area contributed by atoms with E-state index in [9.17, 15) is 4.79 Å². The predicted octanol–water partition coefficient (Wildman–Crippen LogP) is 4.23. The molecule has 2 aromatic rings. The molecular weight excluding hydrogens is 346 g/mol. The van der Waals surface area contributed by atoms with E-state index in [4.69, 9.17) is 21.1 Å². The molecule has 0 aliphatic carbocycles. The van der Waals surface area contributed by atoms with Gasteiger partial charge in [-0.1, -0.05) is 23.7 Å². The van der Waals surface area contributed by atoms with Gasteiger partial charge in [0.2, 0.25) is 0 Å². The molecule has 0 bridgehead atoms. The zero-order valence-corrected chi connectivity index (χ0v) is 15.1. The summed E-state index contributed by atoms with van der Waals surface area (Å²) in [5.41, 5.74) is 0.570. The zero-order chi connectivity index (χ0) is 16.9. The van der Waals surface area contributed by atoms with Gasteiger partial charge in [-0.3, -0.25) is 4.79 Å². The van der Waals surface area contributed by atoms with E-state index in [0.29, 0.717) is 24.5 Å². The van der Waals surface area contributed by atoms with Crippen molar-refractivity contribution in [3.63, 3.8) is 0 Å². The first-order chi connectivity index (χ1) is 11.6. The van der Waals surface area contributed by atoms with Gasteiger partial charge < -0.3 is 14.4 Å². The summed E-state index contributed by atoms with van der Waals surface area (Å²) in [4.78, 5) is 15.5. The monoisotopic (exact) mass is 365 g/mol. The van der Waals surface area contributed by atoms with Crippen molar-refractivity contribution in [1.82, 2.24) is 4.90 Å². The largest absolute Gasteiger partial charge is 0.490 e. The van der Waals surface area contributed by atoms with Crippen molar-refractivity contribution in [3.8, 4) is 5.75 Å². The van der Waals surface area contributed by atoms with E-state index in [1.165, 1.54) is 11.3 Å². The van der Waals surface area contributed by atoms with Crippen molar-refractivity contribution in [2.75, 3.05) is 20.3 Å². The lowest BCUT2D eigenvalue weighted by molar-refractivity contribution is 0.0656. The summed E-state index contributed by atoms with van der Waals surface area (Å²) >= 11 is 7.44. The minimum absolute atomic E-state index is 0.0672. The Morgan fingerprint density at radius 3 is 2.92 bits per heavy atom. The molecule has 1 atom stereocenters. The van der Waals surface area contributed by atoms with Gasteiger partial charge in [0.15, 0.2) is 0 Å². The molecule has 1 aliphatic heterocycles. The third-order valence-corrected chi connectivity index (χ3v) is 5.15. The Labute approximate surface area is 150 Å². The number of carbonyl (C=O) groups is 1. The maximum atomic E-state index is 12.8. The van der Waals surface area contributed by atoms with Gasteiger partial charge in [0.1, 0.15) is 12.4 Å². The quantitative estimate of drug-likeness (QED) is 0.768. The second-order valence-electron chi connectivity index (χ2n) is 5.81. The van der Waals surface area contributed by atoms with Crippen LogP contribution >= 0.6 is 22.9 Å². The number of ether oxygens (including phenoxy) is 2. The molecule has 1 fully saturated rings. The van der Waals surface area contributed by atoms with Gasteiger partial charge in [-0.2, -0.15) is 0 Å². The first-order valence-electron chi connectivity index (χ1n) is 7.96. The molecule has 2 heterocycles. The van der Waals surface area contributed by atoms with Crippen LogP contribution in [0.25, 0.3) is 0 Å². The standard InChI is InChI=1S/C18H20ClNO3S/c1-20(11-14-8-9-17(19)24-14)18(21)15-6-2-3-7-16(15)23-12-13-5-4-10-22-13/h2-3,6-9,13H,4-5,10-12H2,1H3. The van der Waals surface area contributed by atoms with Crippen LogP contribution < -0.4 is 4.74 Å². The predicted molar refractivity (Wildman–Crippen MR) is 96.0 cm³/mol. The fourth-order valence-electron chi connectivity index (χ4n) is 2.68. The average molecular weight is 366 g/mol. The summed E-state index contributed by atoms with van der Waals surface area (Å²) in [5.74, 6) is 0.538. The molecule has 0 N–H and O–H groups in total. The normalized spacial score (nSPS) is 17.0. The van der Waals surface area contributed by atoms with Crippen molar-refractivity contribution >= 4 is 28.8 Å². The minimum atomic E-state index is -0.0672. The number of halogens is 1. The molecule has 0 radical (unpaired) electrons. The highest BCUT2D eigenvalue weighted by Crippen LogP contribution is 2.25. The third kappa shape index (κ3) is 4.29. The maximum absolute atomic E-state index is 12.8. The number of nitrogens with zero attached hydrogens (tertiary/aromatic N) is 1. The van der Waals surface area contributed by atoms with Crippen molar-refractivity contribution in [1.29, 1.82) is 0 Å². The Morgan fingerprint density at radius 2 is 2.21 bits per heavy atom. The molecule has 1 saturated heterocycles. The lowest BCUT2D eigenvalue weighted by Crippen LogP contribution is -2.27. The van der Waals surface area contributed by atoms with Crippen LogP contribution in [0.4, 0.5) is 0 Å². The highest BCUT2D eigenvalue weighted by Gasteiger charge is 2.20. The van der Waals surface area contributed by atoms with Crippen molar-refractivity contribution in [2.24, 2.45) is 0 Å². The van der Waals surface area contributed by atoms with Crippen LogP contribution in [0.2, 0.25) is 4.34 Å². The van der Waals surface area contributed by atoms with E-state index in [0.717, 1.165) is 28.7 Å². The van der Waals surface area contributed by atoms with Crippen LogP contribution in [0.5, 0.6) is 5.75 Å². The van der Waals surface area contributed by atoms with Gasteiger partial charge in [0.25, 0.3) is 5.91 Å². The molecular formula is C18H20ClNO3S. The molecule has 3 rings (SSSR count). The summed E-state index contributed by atoms with van der Waals surface area (Å²) in [7, 11) is 1.78. The summed E-state index contributed by atoms with van der Waals surface area (Å²) in [5, 5.41) is 0. The van der Waals surface area contributed by atoms with Crippen LogP contribution in [0.1, 0.15) is 28.1 Å². The van der Waals surface area contributed by atoms with Crippen LogP contribution in [0.15, 0.2) is 36.4 Å². The second-order valence-corrected chi connectivity index (χ2v) is 7.61. The van der Waals surface area contributed by atoms with Crippen LogP contribution in [-0.4, -0.2) is 37.2 Å². The first kappa shape index (κ1) is 17.3. The molecule has 24 heavy (non-hydrogen) atoms. The Bertz CT molecular complexity index is 697. The number of rotatable bonds is 6. The minimum Gasteiger partial charge on any atom is -0.490 e. The zero-order valence-electron chi connectivity index (χ0n) is 13.5. The van der Waals surface area contributed by atoms with Gasteiger partial charge in [-0.15, -0.1) is 11.3 Å². The molecule has 0 spiro atoms. The van der Waals surface area contributed by atoms with Gasteiger partial charge in [-0.05, 0) is 37.1 Å². The highest BCUT2D eigenvalue weighted by atomic mass is 35.5. The molecule has 1 aromatic heterocycles. The summed E-state index contributed by atoms with van der Waals surface area (Å²) in [6, 6.07) is 11.1. The second kappa shape index (κ2) is 8.01. The Hall–Kier alpha value is -1.56. The Balaban J connectivity index is 1.66. The van der Waals surface area contributed by atoms with Gasteiger partial charge >= 0.3 is 0 Å². The summed E-state index contributed by atoms with van der Waals surface area (Å²) < 4.78 is 12.2. The summed E-state index contributed by atoms with van der Waals surface area (Å²) in [6.45, 7) is 1.80. The number of para-hydroxylation sites is 1. The van der Waals surface area contributed by atoms with Crippen molar-refractivity contribution in [2.45, 2.75) is 25.5 Å². The number of hydrogen-bond acceptors (Lipinski definition) is 4. The number of thiophene rings is 1.